The lowest BCUT2D eigenvalue weighted by Gasteiger charge is -2.08. The highest BCUT2D eigenvalue weighted by atomic mass is 35.5. The van der Waals surface area contributed by atoms with Crippen LogP contribution in [0.3, 0.4) is 0 Å². The van der Waals surface area contributed by atoms with Gasteiger partial charge in [0.25, 0.3) is 11.2 Å². The predicted molar refractivity (Wildman–Crippen MR) is 49.7 cm³/mol. The maximum absolute atomic E-state index is 13.6. The summed E-state index contributed by atoms with van der Waals surface area (Å²) in [4.78, 5) is 3.45. The molecule has 2 aromatic rings. The molecule has 0 amide bonds. The second-order valence-corrected chi connectivity index (χ2v) is 3.37. The van der Waals surface area contributed by atoms with Crippen LogP contribution in [0.1, 0.15) is 5.56 Å². The van der Waals surface area contributed by atoms with Crippen molar-refractivity contribution in [2.75, 3.05) is 0 Å². The molecule has 0 saturated heterocycles. The van der Waals surface area contributed by atoms with Crippen molar-refractivity contribution < 1.29 is 22.1 Å². The quantitative estimate of drug-likeness (QED) is 0.741. The van der Waals surface area contributed by atoms with E-state index >= 15 is 0 Å². The van der Waals surface area contributed by atoms with Crippen LogP contribution in [0.4, 0.5) is 17.6 Å². The number of halogens is 5. The summed E-state index contributed by atoms with van der Waals surface area (Å²) in [6.45, 7) is 0. The van der Waals surface area contributed by atoms with Crippen LogP contribution in [0.25, 0.3) is 11.5 Å². The molecule has 8 heteroatoms. The molecule has 0 radical (unpaired) electrons. The van der Waals surface area contributed by atoms with Gasteiger partial charge in [-0.1, -0.05) is 6.07 Å². The van der Waals surface area contributed by atoms with Crippen molar-refractivity contribution in [2.45, 2.75) is 6.18 Å². The molecule has 0 atom stereocenters. The molecule has 1 aromatic heterocycles. The Kier molecular flexibility index (Phi) is 2.78. The van der Waals surface area contributed by atoms with Gasteiger partial charge in [0.2, 0.25) is 0 Å². The second kappa shape index (κ2) is 3.99. The lowest BCUT2D eigenvalue weighted by Crippen LogP contribution is -2.08. The summed E-state index contributed by atoms with van der Waals surface area (Å²) < 4.78 is 55.3. The van der Waals surface area contributed by atoms with Crippen LogP contribution in [0, 0.1) is 5.82 Å². The van der Waals surface area contributed by atoms with Gasteiger partial charge in [0.15, 0.2) is 0 Å². The summed E-state index contributed by atoms with van der Waals surface area (Å²) >= 11 is 5.33. The van der Waals surface area contributed by atoms with Gasteiger partial charge in [-0.3, -0.25) is 0 Å². The van der Waals surface area contributed by atoms with Crippen molar-refractivity contribution in [3.63, 3.8) is 0 Å². The Balaban J connectivity index is 2.57. The van der Waals surface area contributed by atoms with Gasteiger partial charge in [-0.25, -0.2) is 4.39 Å². The van der Waals surface area contributed by atoms with Gasteiger partial charge in [-0.2, -0.15) is 18.2 Å². The molecule has 0 aliphatic rings. The van der Waals surface area contributed by atoms with Crippen LogP contribution in [-0.4, -0.2) is 10.1 Å². The Bertz CT molecular complexity index is 552. The van der Waals surface area contributed by atoms with Crippen LogP contribution in [0.15, 0.2) is 22.7 Å². The van der Waals surface area contributed by atoms with E-state index in [4.69, 9.17) is 11.6 Å². The van der Waals surface area contributed by atoms with E-state index in [1.165, 1.54) is 0 Å². The van der Waals surface area contributed by atoms with E-state index in [1.807, 2.05) is 0 Å². The molecule has 17 heavy (non-hydrogen) atoms. The zero-order valence-electron chi connectivity index (χ0n) is 7.92. The summed E-state index contributed by atoms with van der Waals surface area (Å²) in [6.07, 6.45) is -4.79. The highest BCUT2D eigenvalue weighted by Gasteiger charge is 2.35. The van der Waals surface area contributed by atoms with Crippen molar-refractivity contribution in [1.82, 2.24) is 10.1 Å². The molecule has 90 valence electrons. The summed E-state index contributed by atoms with van der Waals surface area (Å²) in [5, 5.41) is 2.85. The molecule has 2 rings (SSSR count). The van der Waals surface area contributed by atoms with Gasteiger partial charge in [-0.15, -0.1) is 0 Å². The van der Waals surface area contributed by atoms with E-state index < -0.39 is 29.0 Å². The van der Waals surface area contributed by atoms with E-state index in [1.54, 1.807) is 0 Å². The van der Waals surface area contributed by atoms with Gasteiger partial charge in [-0.05, 0) is 28.9 Å². The van der Waals surface area contributed by atoms with Crippen molar-refractivity contribution >= 4 is 11.6 Å². The number of alkyl halides is 3. The number of hydrogen-bond acceptors (Lipinski definition) is 3. The highest BCUT2D eigenvalue weighted by Crippen LogP contribution is 2.35. The van der Waals surface area contributed by atoms with Crippen LogP contribution in [0.2, 0.25) is 5.28 Å². The maximum atomic E-state index is 13.6. The average Bonchev–Trinajstić information content (AvgIpc) is 2.63. The SMILES string of the molecule is Fc1c(-c2nc(Cl)no2)cccc1C(F)(F)F. The molecule has 1 aromatic carbocycles. The van der Waals surface area contributed by atoms with Crippen LogP contribution < -0.4 is 0 Å². The molecule has 0 fully saturated rings. The number of hydrogen-bond donors (Lipinski definition) is 0. The molecule has 0 aliphatic carbocycles. The first-order valence-electron chi connectivity index (χ1n) is 4.25. The minimum Gasteiger partial charge on any atom is -0.333 e. The number of rotatable bonds is 1. The Morgan fingerprint density at radius 1 is 1.24 bits per heavy atom. The minimum absolute atomic E-state index is 0.309. The third-order valence-corrected chi connectivity index (χ3v) is 2.09. The molecule has 0 N–H and O–H groups in total. The average molecular weight is 267 g/mol. The summed E-state index contributed by atoms with van der Waals surface area (Å²) in [5.74, 6) is -1.88. The molecule has 3 nitrogen and oxygen atoms in total. The number of benzene rings is 1. The van der Waals surface area contributed by atoms with E-state index in [-0.39, 0.29) is 5.28 Å². The monoisotopic (exact) mass is 266 g/mol. The third kappa shape index (κ3) is 2.23. The Morgan fingerprint density at radius 2 is 1.94 bits per heavy atom. The molecule has 0 saturated carbocycles. The third-order valence-electron chi connectivity index (χ3n) is 1.94. The van der Waals surface area contributed by atoms with Crippen molar-refractivity contribution in [3.05, 3.63) is 34.9 Å². The first-order valence-corrected chi connectivity index (χ1v) is 4.62. The summed E-state index contributed by atoms with van der Waals surface area (Å²) in [5.41, 5.74) is -1.84. The Labute approximate surface area is 97.0 Å². The lowest BCUT2D eigenvalue weighted by atomic mass is 10.1. The molecule has 0 bridgehead atoms. The van der Waals surface area contributed by atoms with Crippen LogP contribution in [-0.2, 0) is 6.18 Å². The molecule has 0 unspecified atom stereocenters. The normalized spacial score (nSPS) is 11.8. The van der Waals surface area contributed by atoms with Gasteiger partial charge < -0.3 is 4.52 Å². The smallest absolute Gasteiger partial charge is 0.333 e. The van der Waals surface area contributed by atoms with Crippen LogP contribution >= 0.6 is 11.6 Å². The first-order chi connectivity index (χ1) is 7.89. The first kappa shape index (κ1) is 11.8. The zero-order valence-corrected chi connectivity index (χ0v) is 8.68. The van der Waals surface area contributed by atoms with E-state index in [0.717, 1.165) is 12.1 Å². The van der Waals surface area contributed by atoms with Gasteiger partial charge in [0, 0.05) is 0 Å². The molecular weight excluding hydrogens is 264 g/mol. The van der Waals surface area contributed by atoms with Crippen molar-refractivity contribution in [3.8, 4) is 11.5 Å². The zero-order chi connectivity index (χ0) is 12.6. The minimum atomic E-state index is -4.79. The van der Waals surface area contributed by atoms with Gasteiger partial charge in [0.05, 0.1) is 11.1 Å². The van der Waals surface area contributed by atoms with Crippen LogP contribution in [0.5, 0.6) is 0 Å². The highest BCUT2D eigenvalue weighted by molar-refractivity contribution is 6.28. The Hall–Kier alpha value is -1.63. The fourth-order valence-corrected chi connectivity index (χ4v) is 1.34. The fourth-order valence-electron chi connectivity index (χ4n) is 1.23. The largest absolute Gasteiger partial charge is 0.419 e. The number of aromatic nitrogens is 2. The standard InChI is InChI=1S/C9H3ClF4N2O/c10-8-15-7(17-16-8)4-2-1-3-5(6(4)11)9(12,13)14/h1-3H. The van der Waals surface area contributed by atoms with E-state index in [0.29, 0.717) is 6.07 Å². The summed E-state index contributed by atoms with van der Waals surface area (Å²) in [7, 11) is 0. The maximum Gasteiger partial charge on any atom is 0.419 e. The second-order valence-electron chi connectivity index (χ2n) is 3.03. The molecule has 0 spiro atoms. The van der Waals surface area contributed by atoms with Gasteiger partial charge >= 0.3 is 6.18 Å². The fraction of sp³-hybridized carbons (Fsp3) is 0.111. The van der Waals surface area contributed by atoms with E-state index in [9.17, 15) is 17.6 Å². The van der Waals surface area contributed by atoms with Crippen molar-refractivity contribution in [2.24, 2.45) is 0 Å². The topological polar surface area (TPSA) is 38.9 Å². The van der Waals surface area contributed by atoms with E-state index in [2.05, 4.69) is 14.7 Å². The van der Waals surface area contributed by atoms with Crippen molar-refractivity contribution in [1.29, 1.82) is 0 Å². The molecule has 0 aliphatic heterocycles. The molecule has 1 heterocycles. The number of nitrogens with zero attached hydrogens (tertiary/aromatic N) is 2. The Morgan fingerprint density at radius 3 is 2.47 bits per heavy atom. The lowest BCUT2D eigenvalue weighted by molar-refractivity contribution is -0.139. The molecular formula is C9H3ClF4N2O. The van der Waals surface area contributed by atoms with Gasteiger partial charge in [0.1, 0.15) is 5.82 Å². The predicted octanol–water partition coefficient (Wildman–Crippen LogP) is 3.55. The summed E-state index contributed by atoms with van der Waals surface area (Å²) in [6, 6.07) is 2.75.